The molecule has 0 spiro atoms. The molecule has 0 bridgehead atoms. The number of hydrogen-bond donors (Lipinski definition) is 0. The first-order valence-corrected chi connectivity index (χ1v) is 4.77. The molecule has 3 heteroatoms. The zero-order chi connectivity index (χ0) is 8.39. The Kier molecular flexibility index (Phi) is 1.96. The average Bonchev–Trinajstić information content (AvgIpc) is 2.75. The molecule has 12 heavy (non-hydrogen) atoms. The second-order valence-corrected chi connectivity index (χ2v) is 3.46. The minimum atomic E-state index is 0.877. The summed E-state index contributed by atoms with van der Waals surface area (Å²) in [4.78, 5) is 1.14. The normalized spacial score (nSPS) is 10.4. The molecule has 2 aromatic rings. The van der Waals surface area contributed by atoms with E-state index in [1.54, 1.807) is 11.3 Å². The van der Waals surface area contributed by atoms with Crippen molar-refractivity contribution in [1.82, 2.24) is 5.16 Å². The van der Waals surface area contributed by atoms with Gasteiger partial charge in [0.05, 0.1) is 10.6 Å². The van der Waals surface area contributed by atoms with Gasteiger partial charge in [-0.15, -0.1) is 11.3 Å². The molecule has 0 amide bonds. The van der Waals surface area contributed by atoms with Gasteiger partial charge < -0.3 is 4.52 Å². The van der Waals surface area contributed by atoms with Gasteiger partial charge >= 0.3 is 0 Å². The average molecular weight is 179 g/mol. The van der Waals surface area contributed by atoms with Crippen molar-refractivity contribution in [3.63, 3.8) is 0 Å². The van der Waals surface area contributed by atoms with Crippen LogP contribution in [-0.4, -0.2) is 5.16 Å². The van der Waals surface area contributed by atoms with Gasteiger partial charge in [-0.3, -0.25) is 0 Å². The summed E-state index contributed by atoms with van der Waals surface area (Å²) in [6.07, 6.45) is 0.925. The number of rotatable bonds is 2. The van der Waals surface area contributed by atoms with E-state index in [4.69, 9.17) is 4.52 Å². The first-order valence-electron chi connectivity index (χ1n) is 3.89. The van der Waals surface area contributed by atoms with Crippen molar-refractivity contribution < 1.29 is 4.52 Å². The van der Waals surface area contributed by atoms with Gasteiger partial charge in [0.15, 0.2) is 5.76 Å². The van der Waals surface area contributed by atoms with Crippen molar-refractivity contribution >= 4 is 11.3 Å². The van der Waals surface area contributed by atoms with E-state index in [1.165, 1.54) is 0 Å². The SMILES string of the molecule is CCc1cc(-c2cccs2)on1. The van der Waals surface area contributed by atoms with Crippen LogP contribution in [0.1, 0.15) is 12.6 Å². The largest absolute Gasteiger partial charge is 0.355 e. The van der Waals surface area contributed by atoms with Crippen molar-refractivity contribution in [1.29, 1.82) is 0 Å². The molecule has 0 unspecified atom stereocenters. The molecule has 0 aliphatic heterocycles. The van der Waals surface area contributed by atoms with E-state index in [0.29, 0.717) is 0 Å². The molecule has 0 aliphatic carbocycles. The third kappa shape index (κ3) is 1.28. The van der Waals surface area contributed by atoms with Crippen molar-refractivity contribution in [3.05, 3.63) is 29.3 Å². The molecular formula is C9H9NOS. The van der Waals surface area contributed by atoms with Gasteiger partial charge in [0.25, 0.3) is 0 Å². The second-order valence-electron chi connectivity index (χ2n) is 2.51. The molecule has 62 valence electrons. The van der Waals surface area contributed by atoms with Crippen LogP contribution in [0.5, 0.6) is 0 Å². The Morgan fingerprint density at radius 3 is 3.08 bits per heavy atom. The number of hydrogen-bond acceptors (Lipinski definition) is 3. The summed E-state index contributed by atoms with van der Waals surface area (Å²) in [7, 11) is 0. The molecule has 2 rings (SSSR count). The van der Waals surface area contributed by atoms with Gasteiger partial charge in [0.1, 0.15) is 0 Å². The summed E-state index contributed by atoms with van der Waals surface area (Å²) in [6, 6.07) is 6.03. The van der Waals surface area contributed by atoms with E-state index in [9.17, 15) is 0 Å². The summed E-state index contributed by atoms with van der Waals surface area (Å²) in [6.45, 7) is 2.07. The molecule has 0 N–H and O–H groups in total. The fraction of sp³-hybridized carbons (Fsp3) is 0.222. The Hall–Kier alpha value is -1.09. The summed E-state index contributed by atoms with van der Waals surface area (Å²) < 4.78 is 5.16. The molecule has 2 heterocycles. The maximum absolute atomic E-state index is 5.16. The molecule has 0 fully saturated rings. The molecule has 0 atom stereocenters. The number of aryl methyl sites for hydroxylation is 1. The van der Waals surface area contributed by atoms with Crippen molar-refractivity contribution in [2.24, 2.45) is 0 Å². The molecule has 2 nitrogen and oxygen atoms in total. The highest BCUT2D eigenvalue weighted by Crippen LogP contribution is 2.24. The molecule has 0 radical (unpaired) electrons. The lowest BCUT2D eigenvalue weighted by Crippen LogP contribution is -1.73. The third-order valence-corrected chi connectivity index (χ3v) is 2.57. The maximum Gasteiger partial charge on any atom is 0.177 e. The maximum atomic E-state index is 5.16. The van der Waals surface area contributed by atoms with E-state index in [0.717, 1.165) is 22.8 Å². The fourth-order valence-electron chi connectivity index (χ4n) is 1.01. The van der Waals surface area contributed by atoms with Crippen LogP contribution >= 0.6 is 11.3 Å². The minimum Gasteiger partial charge on any atom is -0.355 e. The van der Waals surface area contributed by atoms with Gasteiger partial charge in [0, 0.05) is 6.07 Å². The van der Waals surface area contributed by atoms with Crippen LogP contribution < -0.4 is 0 Å². The number of aromatic nitrogens is 1. The molecule has 0 saturated heterocycles. The molecule has 0 aliphatic rings. The predicted octanol–water partition coefficient (Wildman–Crippen LogP) is 2.97. The van der Waals surface area contributed by atoms with Gasteiger partial charge in [-0.25, -0.2) is 0 Å². The zero-order valence-electron chi connectivity index (χ0n) is 6.78. The zero-order valence-corrected chi connectivity index (χ0v) is 7.60. The summed E-state index contributed by atoms with van der Waals surface area (Å²) in [5.74, 6) is 0.877. The Labute approximate surface area is 74.8 Å². The van der Waals surface area contributed by atoms with Crippen molar-refractivity contribution in [2.75, 3.05) is 0 Å². The fourth-order valence-corrected chi connectivity index (χ4v) is 1.69. The summed E-state index contributed by atoms with van der Waals surface area (Å²) in [5.41, 5.74) is 1.01. The highest BCUT2D eigenvalue weighted by molar-refractivity contribution is 7.13. The van der Waals surface area contributed by atoms with Crippen LogP contribution in [0.25, 0.3) is 10.6 Å². The minimum absolute atomic E-state index is 0.877. The Bertz CT molecular complexity index is 350. The Balaban J connectivity index is 2.35. The quantitative estimate of drug-likeness (QED) is 0.708. The monoisotopic (exact) mass is 179 g/mol. The van der Waals surface area contributed by atoms with E-state index < -0.39 is 0 Å². The van der Waals surface area contributed by atoms with Crippen LogP contribution in [0, 0.1) is 0 Å². The lowest BCUT2D eigenvalue weighted by atomic mass is 10.3. The van der Waals surface area contributed by atoms with Crippen LogP contribution in [0.15, 0.2) is 28.1 Å². The smallest absolute Gasteiger partial charge is 0.177 e. The van der Waals surface area contributed by atoms with Crippen LogP contribution in [0.2, 0.25) is 0 Å². The highest BCUT2D eigenvalue weighted by atomic mass is 32.1. The second kappa shape index (κ2) is 3.11. The molecular weight excluding hydrogens is 170 g/mol. The van der Waals surface area contributed by atoms with Crippen LogP contribution in [-0.2, 0) is 6.42 Å². The topological polar surface area (TPSA) is 26.0 Å². The lowest BCUT2D eigenvalue weighted by Gasteiger charge is -1.83. The van der Waals surface area contributed by atoms with Gasteiger partial charge in [0.2, 0.25) is 0 Å². The van der Waals surface area contributed by atoms with E-state index in [2.05, 4.69) is 12.1 Å². The lowest BCUT2D eigenvalue weighted by molar-refractivity contribution is 0.425. The van der Waals surface area contributed by atoms with E-state index in [1.807, 2.05) is 23.6 Å². The van der Waals surface area contributed by atoms with E-state index >= 15 is 0 Å². The number of thiophene rings is 1. The van der Waals surface area contributed by atoms with Gasteiger partial charge in [-0.2, -0.15) is 0 Å². The third-order valence-electron chi connectivity index (χ3n) is 1.69. The molecule has 2 aromatic heterocycles. The van der Waals surface area contributed by atoms with Gasteiger partial charge in [-0.05, 0) is 17.9 Å². The Morgan fingerprint density at radius 1 is 1.58 bits per heavy atom. The summed E-state index contributed by atoms with van der Waals surface area (Å²) in [5, 5.41) is 5.95. The molecule has 0 saturated carbocycles. The van der Waals surface area contributed by atoms with Crippen LogP contribution in [0.3, 0.4) is 0 Å². The standard InChI is InChI=1S/C9H9NOS/c1-2-7-6-8(11-10-7)9-4-3-5-12-9/h3-6H,2H2,1H3. The van der Waals surface area contributed by atoms with Crippen molar-refractivity contribution in [3.8, 4) is 10.6 Å². The van der Waals surface area contributed by atoms with Crippen molar-refractivity contribution in [2.45, 2.75) is 13.3 Å². The number of nitrogens with zero attached hydrogens (tertiary/aromatic N) is 1. The van der Waals surface area contributed by atoms with Gasteiger partial charge in [-0.1, -0.05) is 18.1 Å². The predicted molar refractivity (Wildman–Crippen MR) is 49.2 cm³/mol. The molecule has 0 aromatic carbocycles. The highest BCUT2D eigenvalue weighted by Gasteiger charge is 2.04. The summed E-state index contributed by atoms with van der Waals surface area (Å²) >= 11 is 1.67. The first kappa shape index (κ1) is 7.55. The van der Waals surface area contributed by atoms with E-state index in [-0.39, 0.29) is 0 Å². The van der Waals surface area contributed by atoms with Crippen LogP contribution in [0.4, 0.5) is 0 Å². The first-order chi connectivity index (χ1) is 5.90. The Morgan fingerprint density at radius 2 is 2.50 bits per heavy atom.